The summed E-state index contributed by atoms with van der Waals surface area (Å²) in [5.74, 6) is 0.907. The minimum absolute atomic E-state index is 0.0312. The number of likely N-dealkylation sites (tertiary alicyclic amines) is 1. The number of nitrogens with zero attached hydrogens (tertiary/aromatic N) is 3. The first-order valence-electron chi connectivity index (χ1n) is 9.75. The molecule has 2 aromatic rings. The van der Waals surface area contributed by atoms with Gasteiger partial charge in [-0.3, -0.25) is 9.48 Å². The summed E-state index contributed by atoms with van der Waals surface area (Å²) in [6, 6.07) is 11.8. The Hall–Kier alpha value is -2.34. The van der Waals surface area contributed by atoms with Gasteiger partial charge in [0.15, 0.2) is 0 Å². The van der Waals surface area contributed by atoms with Gasteiger partial charge in [0.2, 0.25) is 0 Å². The van der Waals surface area contributed by atoms with Crippen molar-refractivity contribution in [1.29, 1.82) is 0 Å². The molecule has 0 N–H and O–H groups in total. The maximum atomic E-state index is 13.1. The van der Waals surface area contributed by atoms with Crippen molar-refractivity contribution in [2.45, 2.75) is 50.9 Å². The number of para-hydroxylation sites is 1. The first-order valence-corrected chi connectivity index (χ1v) is 9.75. The standard InChI is InChI=1S/C21H27N3O3/c1-16(2)24-19(9-11-22-24)20(25)23-12-6-10-21(15-23)13-18(14-26-21)27-17-7-4-3-5-8-17/h3-5,7-9,11,16,18H,6,10,12-15H2,1-2H3/t18-,21-/m1/s1. The van der Waals surface area contributed by atoms with Crippen molar-refractivity contribution in [3.8, 4) is 5.75 Å². The van der Waals surface area contributed by atoms with Gasteiger partial charge in [-0.15, -0.1) is 0 Å². The highest BCUT2D eigenvalue weighted by atomic mass is 16.6. The van der Waals surface area contributed by atoms with Gasteiger partial charge in [-0.2, -0.15) is 5.10 Å². The summed E-state index contributed by atoms with van der Waals surface area (Å²) in [7, 11) is 0. The normalized spacial score (nSPS) is 25.3. The fourth-order valence-electron chi connectivity index (χ4n) is 4.18. The predicted octanol–water partition coefficient (Wildman–Crippen LogP) is 3.31. The Balaban J connectivity index is 1.43. The maximum absolute atomic E-state index is 13.1. The number of aromatic nitrogens is 2. The summed E-state index contributed by atoms with van der Waals surface area (Å²) in [6.45, 7) is 6.02. The molecule has 6 heteroatoms. The molecule has 1 aromatic heterocycles. The molecule has 2 aliphatic heterocycles. The number of carbonyl (C=O) groups excluding carboxylic acids is 1. The van der Waals surface area contributed by atoms with Crippen LogP contribution in [0, 0.1) is 0 Å². The number of piperidine rings is 1. The molecule has 27 heavy (non-hydrogen) atoms. The lowest BCUT2D eigenvalue weighted by molar-refractivity contribution is -0.0455. The van der Waals surface area contributed by atoms with Crippen LogP contribution in [0.4, 0.5) is 0 Å². The van der Waals surface area contributed by atoms with Gasteiger partial charge in [-0.1, -0.05) is 18.2 Å². The fourth-order valence-corrected chi connectivity index (χ4v) is 4.18. The third-order valence-electron chi connectivity index (χ3n) is 5.43. The zero-order chi connectivity index (χ0) is 18.9. The largest absolute Gasteiger partial charge is 0.488 e. The van der Waals surface area contributed by atoms with E-state index in [1.807, 2.05) is 49.1 Å². The Bertz CT molecular complexity index is 789. The molecule has 0 unspecified atom stereocenters. The van der Waals surface area contributed by atoms with Gasteiger partial charge >= 0.3 is 0 Å². The molecule has 2 fully saturated rings. The monoisotopic (exact) mass is 369 g/mol. The molecular formula is C21H27N3O3. The molecule has 3 heterocycles. The van der Waals surface area contributed by atoms with Crippen LogP contribution < -0.4 is 4.74 Å². The van der Waals surface area contributed by atoms with Gasteiger partial charge in [-0.25, -0.2) is 0 Å². The van der Waals surface area contributed by atoms with Crippen LogP contribution in [0.1, 0.15) is 49.6 Å². The number of benzene rings is 1. The van der Waals surface area contributed by atoms with Crippen LogP contribution in [0.25, 0.3) is 0 Å². The summed E-state index contributed by atoms with van der Waals surface area (Å²) in [5, 5.41) is 4.30. The predicted molar refractivity (Wildman–Crippen MR) is 102 cm³/mol. The van der Waals surface area contributed by atoms with Gasteiger partial charge in [0, 0.05) is 25.2 Å². The van der Waals surface area contributed by atoms with Crippen LogP contribution in [0.5, 0.6) is 5.75 Å². The molecule has 0 saturated carbocycles. The van der Waals surface area contributed by atoms with Gasteiger partial charge in [0.05, 0.1) is 18.8 Å². The fraction of sp³-hybridized carbons (Fsp3) is 0.524. The van der Waals surface area contributed by atoms with E-state index in [1.165, 1.54) is 0 Å². The molecule has 0 aliphatic carbocycles. The van der Waals surface area contributed by atoms with Gasteiger partial charge in [0.25, 0.3) is 5.91 Å². The molecule has 1 amide bonds. The lowest BCUT2D eigenvalue weighted by Crippen LogP contribution is -2.50. The third-order valence-corrected chi connectivity index (χ3v) is 5.43. The van der Waals surface area contributed by atoms with Crippen LogP contribution >= 0.6 is 0 Å². The summed E-state index contributed by atoms with van der Waals surface area (Å²) in [4.78, 5) is 15.0. The number of carbonyl (C=O) groups is 1. The summed E-state index contributed by atoms with van der Waals surface area (Å²) < 4.78 is 14.1. The second-order valence-corrected chi connectivity index (χ2v) is 7.84. The number of hydrogen-bond acceptors (Lipinski definition) is 4. The SMILES string of the molecule is CC(C)n1nccc1C(=O)N1CCC[C@@]2(C[C@@H](Oc3ccccc3)CO2)C1. The molecule has 0 bridgehead atoms. The van der Waals surface area contributed by atoms with Crippen LogP contribution in [0.3, 0.4) is 0 Å². The molecule has 1 aromatic carbocycles. The van der Waals surface area contributed by atoms with Crippen LogP contribution in [0.2, 0.25) is 0 Å². The van der Waals surface area contributed by atoms with Crippen molar-refractivity contribution < 1.29 is 14.3 Å². The number of ether oxygens (including phenoxy) is 2. The van der Waals surface area contributed by atoms with Gasteiger partial charge < -0.3 is 14.4 Å². The lowest BCUT2D eigenvalue weighted by Gasteiger charge is -2.39. The van der Waals surface area contributed by atoms with E-state index >= 15 is 0 Å². The zero-order valence-electron chi connectivity index (χ0n) is 16.0. The smallest absolute Gasteiger partial charge is 0.272 e. The summed E-state index contributed by atoms with van der Waals surface area (Å²) in [5.41, 5.74) is 0.355. The first kappa shape index (κ1) is 18.0. The Morgan fingerprint density at radius 2 is 2.11 bits per heavy atom. The highest BCUT2D eigenvalue weighted by molar-refractivity contribution is 5.92. The van der Waals surface area contributed by atoms with Crippen molar-refractivity contribution in [3.05, 3.63) is 48.3 Å². The van der Waals surface area contributed by atoms with E-state index < -0.39 is 0 Å². The van der Waals surface area contributed by atoms with Crippen LogP contribution in [-0.4, -0.2) is 52.0 Å². The summed E-state index contributed by atoms with van der Waals surface area (Å²) in [6.07, 6.45) is 4.45. The Kier molecular flexibility index (Phi) is 4.91. The Morgan fingerprint density at radius 1 is 1.30 bits per heavy atom. The molecule has 2 aliphatic rings. The minimum Gasteiger partial charge on any atom is -0.488 e. The first-order chi connectivity index (χ1) is 13.1. The molecule has 144 valence electrons. The molecule has 4 rings (SSSR count). The zero-order valence-corrected chi connectivity index (χ0v) is 16.0. The highest BCUT2D eigenvalue weighted by Crippen LogP contribution is 2.36. The van der Waals surface area contributed by atoms with E-state index in [9.17, 15) is 4.79 Å². The number of hydrogen-bond donors (Lipinski definition) is 0. The van der Waals surface area contributed by atoms with Gasteiger partial charge in [-0.05, 0) is 44.9 Å². The number of amides is 1. The van der Waals surface area contributed by atoms with E-state index in [0.29, 0.717) is 18.8 Å². The molecule has 1 spiro atoms. The van der Waals surface area contributed by atoms with Crippen molar-refractivity contribution in [3.63, 3.8) is 0 Å². The van der Waals surface area contributed by atoms with Crippen molar-refractivity contribution >= 4 is 5.91 Å². The van der Waals surface area contributed by atoms with Crippen LogP contribution in [-0.2, 0) is 4.74 Å². The summed E-state index contributed by atoms with van der Waals surface area (Å²) >= 11 is 0. The molecule has 2 atom stereocenters. The maximum Gasteiger partial charge on any atom is 0.272 e. The van der Waals surface area contributed by atoms with Crippen molar-refractivity contribution in [1.82, 2.24) is 14.7 Å². The molecule has 0 radical (unpaired) electrons. The minimum atomic E-state index is -0.296. The Morgan fingerprint density at radius 3 is 2.89 bits per heavy atom. The average molecular weight is 369 g/mol. The lowest BCUT2D eigenvalue weighted by atomic mass is 9.89. The van der Waals surface area contributed by atoms with Crippen molar-refractivity contribution in [2.75, 3.05) is 19.7 Å². The van der Waals surface area contributed by atoms with E-state index in [2.05, 4.69) is 5.10 Å². The van der Waals surface area contributed by atoms with Crippen molar-refractivity contribution in [2.24, 2.45) is 0 Å². The van der Waals surface area contributed by atoms with E-state index in [1.54, 1.807) is 16.9 Å². The van der Waals surface area contributed by atoms with E-state index in [0.717, 1.165) is 31.6 Å². The third kappa shape index (κ3) is 3.72. The average Bonchev–Trinajstić information content (AvgIpc) is 3.30. The number of rotatable bonds is 4. The van der Waals surface area contributed by atoms with E-state index in [-0.39, 0.29) is 23.7 Å². The second-order valence-electron chi connectivity index (χ2n) is 7.84. The van der Waals surface area contributed by atoms with Gasteiger partial charge in [0.1, 0.15) is 17.5 Å². The molecule has 6 nitrogen and oxygen atoms in total. The Labute approximate surface area is 160 Å². The van der Waals surface area contributed by atoms with E-state index in [4.69, 9.17) is 9.47 Å². The van der Waals surface area contributed by atoms with Crippen LogP contribution in [0.15, 0.2) is 42.6 Å². The highest BCUT2D eigenvalue weighted by Gasteiger charge is 2.45. The topological polar surface area (TPSA) is 56.6 Å². The quantitative estimate of drug-likeness (QED) is 0.830. The molecule has 2 saturated heterocycles. The second kappa shape index (κ2) is 7.35. The molecular weight excluding hydrogens is 342 g/mol.